The molecule has 6 aliphatic carbocycles. The Morgan fingerprint density at radius 3 is 1.17 bits per heavy atom. The zero-order valence-electron chi connectivity index (χ0n) is 36.0. The molecule has 0 saturated heterocycles. The van der Waals surface area contributed by atoms with Gasteiger partial charge >= 0.3 is 49.0 Å². The van der Waals surface area contributed by atoms with Gasteiger partial charge in [0.2, 0.25) is 0 Å². The van der Waals surface area contributed by atoms with Gasteiger partial charge in [-0.3, -0.25) is 0 Å². The fourth-order valence-corrected chi connectivity index (χ4v) is 8.86. The predicted molar refractivity (Wildman–Crippen MR) is 202 cm³/mol. The van der Waals surface area contributed by atoms with Gasteiger partial charge in [0.1, 0.15) is 0 Å². The molecule has 0 aliphatic heterocycles. The highest BCUT2D eigenvalue weighted by Gasteiger charge is 2.74. The van der Waals surface area contributed by atoms with Gasteiger partial charge in [0, 0.05) is 11.8 Å². The number of halogens is 21. The Bertz CT molecular complexity index is 1900. The highest BCUT2D eigenvalue weighted by Crippen LogP contribution is 2.54. The third-order valence-electron chi connectivity index (χ3n) is 13.1. The fourth-order valence-electron chi connectivity index (χ4n) is 8.86. The van der Waals surface area contributed by atoms with E-state index in [-0.39, 0.29) is 48.0 Å². The molecule has 0 radical (unpaired) electrons. The van der Waals surface area contributed by atoms with Gasteiger partial charge in [-0.15, -0.1) is 0 Å². The van der Waals surface area contributed by atoms with Crippen molar-refractivity contribution in [2.24, 2.45) is 41.4 Å². The lowest BCUT2D eigenvalue weighted by molar-refractivity contribution is -0.466. The molecule has 4 N–H and O–H groups in total. The van der Waals surface area contributed by atoms with Crippen LogP contribution in [0.15, 0.2) is 67.3 Å². The lowest BCUT2D eigenvalue weighted by Crippen LogP contribution is -2.60. The van der Waals surface area contributed by atoms with Gasteiger partial charge < -0.3 is 29.9 Å². The van der Waals surface area contributed by atoms with Crippen molar-refractivity contribution in [2.45, 2.75) is 130 Å². The molecule has 7 rings (SSSR count). The van der Waals surface area contributed by atoms with Crippen molar-refractivity contribution in [3.05, 3.63) is 78.4 Å². The van der Waals surface area contributed by atoms with E-state index in [2.05, 4.69) is 11.3 Å². The Balaban J connectivity index is 0.000000204. The molecule has 400 valence electrons. The van der Waals surface area contributed by atoms with Crippen molar-refractivity contribution in [3.8, 4) is 0 Å². The molecule has 0 amide bonds. The number of benzene rings is 1. The van der Waals surface area contributed by atoms with Crippen molar-refractivity contribution in [1.29, 1.82) is 0 Å². The van der Waals surface area contributed by atoms with E-state index in [1.54, 1.807) is 18.2 Å². The maximum atomic E-state index is 12.5. The minimum Gasteiger partial charge on any atom is -0.376 e. The minimum atomic E-state index is -5.92. The molecule has 6 nitrogen and oxygen atoms in total. The summed E-state index contributed by atoms with van der Waals surface area (Å²) < 4.78 is 270. The SMILES string of the molecule is C=Cc1ccc(C(C)(O)C(F)(F)F)cc1.OC(CC1CC2C=CC1C2)(C(F)(F)F)C(F)(F)F.OC(COC1CC2C=CC1C2)(C(F)(F)F)C(F)(F)F.OC(OC1CC2C=CC1C2)(C(F)(F)F)C(F)(F)F. The van der Waals surface area contributed by atoms with Gasteiger partial charge in [0.25, 0.3) is 11.2 Å². The first-order valence-electron chi connectivity index (χ1n) is 20.9. The first kappa shape index (κ1) is 59.0. The van der Waals surface area contributed by atoms with E-state index >= 15 is 0 Å². The molecular formula is C43H45F21O6. The quantitative estimate of drug-likeness (QED) is 0.112. The fraction of sp³-hybridized carbons (Fsp3) is 0.674. The number of aliphatic hydroxyl groups is 4. The van der Waals surface area contributed by atoms with Gasteiger partial charge in [-0.25, -0.2) is 0 Å². The molecule has 0 heterocycles. The topological polar surface area (TPSA) is 99.4 Å². The van der Waals surface area contributed by atoms with Crippen LogP contribution in [0.4, 0.5) is 92.2 Å². The van der Waals surface area contributed by atoms with Crippen LogP contribution in [0.5, 0.6) is 0 Å². The van der Waals surface area contributed by atoms with Crippen molar-refractivity contribution in [3.63, 3.8) is 0 Å². The Hall–Kier alpha value is -3.53. The first-order valence-corrected chi connectivity index (χ1v) is 20.9. The smallest absolute Gasteiger partial charge is 0.376 e. The van der Waals surface area contributed by atoms with Gasteiger partial charge in [-0.05, 0) is 92.6 Å². The molecule has 1 aromatic carbocycles. The van der Waals surface area contributed by atoms with E-state index in [0.717, 1.165) is 6.92 Å². The maximum Gasteiger partial charge on any atom is 0.453 e. The van der Waals surface area contributed by atoms with E-state index < -0.39 is 103 Å². The number of hydrogen-bond donors (Lipinski definition) is 4. The monoisotopic (exact) mass is 1060 g/mol. The number of allylic oxidation sites excluding steroid dienone is 4. The molecule has 3 fully saturated rings. The van der Waals surface area contributed by atoms with Crippen LogP contribution in [0.25, 0.3) is 6.08 Å². The van der Waals surface area contributed by atoms with Crippen LogP contribution >= 0.6 is 0 Å². The van der Waals surface area contributed by atoms with Crippen LogP contribution < -0.4 is 0 Å². The van der Waals surface area contributed by atoms with E-state index in [1.807, 2.05) is 12.2 Å². The van der Waals surface area contributed by atoms with Crippen LogP contribution in [0, 0.1) is 41.4 Å². The summed E-state index contributed by atoms with van der Waals surface area (Å²) in [5, 5.41) is 36.2. The Kier molecular flexibility index (Phi) is 16.9. The van der Waals surface area contributed by atoms with Crippen LogP contribution in [0.3, 0.4) is 0 Å². The highest BCUT2D eigenvalue weighted by molar-refractivity contribution is 5.47. The van der Waals surface area contributed by atoms with Gasteiger partial charge in [0.15, 0.2) is 5.60 Å². The van der Waals surface area contributed by atoms with E-state index in [1.165, 1.54) is 36.4 Å². The number of fused-ring (bicyclic) bond motifs is 6. The van der Waals surface area contributed by atoms with Crippen LogP contribution in [-0.2, 0) is 15.1 Å². The van der Waals surface area contributed by atoms with Gasteiger partial charge in [0.05, 0.1) is 18.8 Å². The highest BCUT2D eigenvalue weighted by atomic mass is 19.4. The molecule has 70 heavy (non-hydrogen) atoms. The third kappa shape index (κ3) is 12.4. The molecular weight excluding hydrogens is 1010 g/mol. The molecule has 27 heteroatoms. The first-order chi connectivity index (χ1) is 31.4. The average molecular weight is 1060 g/mol. The van der Waals surface area contributed by atoms with Gasteiger partial charge in [-0.1, -0.05) is 73.4 Å². The zero-order chi connectivity index (χ0) is 53.7. The molecule has 1 aromatic rings. The maximum absolute atomic E-state index is 12.5. The Morgan fingerprint density at radius 1 is 0.486 bits per heavy atom. The van der Waals surface area contributed by atoms with Crippen LogP contribution in [0.1, 0.15) is 63.0 Å². The Labute approximate surface area is 384 Å². The molecule has 6 aliphatic rings. The second-order valence-electron chi connectivity index (χ2n) is 18.1. The summed E-state index contributed by atoms with van der Waals surface area (Å²) >= 11 is 0. The Morgan fingerprint density at radius 2 is 0.871 bits per heavy atom. The van der Waals surface area contributed by atoms with Crippen LogP contribution in [0.2, 0.25) is 0 Å². The largest absolute Gasteiger partial charge is 0.453 e. The number of hydrogen-bond acceptors (Lipinski definition) is 6. The molecule has 0 aromatic heterocycles. The second kappa shape index (κ2) is 20.1. The van der Waals surface area contributed by atoms with E-state index in [4.69, 9.17) is 20.1 Å². The molecule has 3 saturated carbocycles. The second-order valence-corrected chi connectivity index (χ2v) is 18.1. The summed E-state index contributed by atoms with van der Waals surface area (Å²) in [5.74, 6) is -6.62. The van der Waals surface area contributed by atoms with E-state index in [0.29, 0.717) is 31.2 Å². The molecule has 0 spiro atoms. The van der Waals surface area contributed by atoms with E-state index in [9.17, 15) is 97.3 Å². The summed E-state index contributed by atoms with van der Waals surface area (Å²) in [4.78, 5) is 0. The van der Waals surface area contributed by atoms with Crippen molar-refractivity contribution in [2.75, 3.05) is 6.61 Å². The zero-order valence-corrected chi connectivity index (χ0v) is 36.0. The third-order valence-corrected chi connectivity index (χ3v) is 13.1. The molecule has 10 unspecified atom stereocenters. The summed E-state index contributed by atoms with van der Waals surface area (Å²) in [6.07, 6.45) is -28.4. The predicted octanol–water partition coefficient (Wildman–Crippen LogP) is 12.1. The molecule has 6 bridgehead atoms. The average Bonchev–Trinajstić information content (AvgIpc) is 4.08. The summed E-state index contributed by atoms with van der Waals surface area (Å²) in [7, 11) is 0. The van der Waals surface area contributed by atoms with Crippen LogP contribution in [-0.4, -0.2) is 99.5 Å². The van der Waals surface area contributed by atoms with Crippen molar-refractivity contribution < 1.29 is 122 Å². The standard InChI is InChI=1S/C11H12F6O2.C11H12F6O.C11H11F3O.C10H10F6O2/c12-10(13,14)9(18,11(15,16)17)5-19-8-4-6-1-2-7(8)3-6;12-10(13,14)9(18,11(15,16)17)5-8-4-6-1-2-7(8)3-6;1-3-8-4-6-9(7-5-8)10(2,15)11(12,13)14;11-9(12,13)8(17,10(14,15)16)18-7-4-5-1-2-6(7)3-5/h1-2,6-8,18H,3-5H2;1-2,6-8,18H,3-5H2;3-7,15H,1H2,2H3;1-2,5-7,17H,3-4H2. The van der Waals surface area contributed by atoms with Gasteiger partial charge in [-0.2, -0.15) is 92.2 Å². The number of ether oxygens (including phenoxy) is 2. The normalized spacial score (nSPS) is 28.5. The van der Waals surface area contributed by atoms with Crippen molar-refractivity contribution >= 4 is 6.08 Å². The lowest BCUT2D eigenvalue weighted by Gasteiger charge is -2.35. The van der Waals surface area contributed by atoms with Crippen molar-refractivity contribution in [1.82, 2.24) is 0 Å². The lowest BCUT2D eigenvalue weighted by atomic mass is 9.82. The summed E-state index contributed by atoms with van der Waals surface area (Å²) in [5.41, 5.74) is -11.7. The summed E-state index contributed by atoms with van der Waals surface area (Å²) in [6.45, 7) is 2.40. The summed E-state index contributed by atoms with van der Waals surface area (Å²) in [6, 6.07) is 5.43. The molecule has 10 atom stereocenters. The number of rotatable bonds is 9. The number of alkyl halides is 21. The minimum absolute atomic E-state index is 0.0608.